The van der Waals surface area contributed by atoms with Crippen LogP contribution in [0.1, 0.15) is 16.9 Å². The van der Waals surface area contributed by atoms with Crippen molar-refractivity contribution in [1.29, 1.82) is 0 Å². The highest BCUT2D eigenvalue weighted by Crippen LogP contribution is 2.08. The molecule has 1 amide bonds. The highest BCUT2D eigenvalue weighted by atomic mass is 16.1. The van der Waals surface area contributed by atoms with Crippen LogP contribution in [0.25, 0.3) is 5.69 Å². The van der Waals surface area contributed by atoms with Gasteiger partial charge in [0.05, 0.1) is 5.69 Å². The molecule has 0 fully saturated rings. The Kier molecular flexibility index (Phi) is 4.07. The molecule has 0 spiro atoms. The third kappa shape index (κ3) is 3.35. The molecule has 21 heavy (non-hydrogen) atoms. The van der Waals surface area contributed by atoms with Gasteiger partial charge in [0.25, 0.3) is 5.91 Å². The second-order valence-electron chi connectivity index (χ2n) is 4.85. The van der Waals surface area contributed by atoms with Crippen molar-refractivity contribution in [3.63, 3.8) is 0 Å². The van der Waals surface area contributed by atoms with Gasteiger partial charge >= 0.3 is 0 Å². The number of nitrogens with one attached hydrogen (secondary N) is 2. The molecule has 2 aromatic rings. The lowest BCUT2D eigenvalue weighted by molar-refractivity contribution is 0.0951. The van der Waals surface area contributed by atoms with E-state index in [9.17, 15) is 4.79 Å². The van der Waals surface area contributed by atoms with E-state index in [2.05, 4.69) is 26.8 Å². The molecule has 3 rings (SSSR count). The number of hydrogen-bond donors (Lipinski definition) is 2. The van der Waals surface area contributed by atoms with Crippen LogP contribution in [0.3, 0.4) is 0 Å². The van der Waals surface area contributed by atoms with E-state index in [4.69, 9.17) is 0 Å². The van der Waals surface area contributed by atoms with Crippen molar-refractivity contribution in [3.8, 4) is 5.69 Å². The zero-order valence-corrected chi connectivity index (χ0v) is 11.6. The third-order valence-electron chi connectivity index (χ3n) is 3.38. The van der Waals surface area contributed by atoms with Gasteiger partial charge in [0, 0.05) is 31.7 Å². The van der Waals surface area contributed by atoms with E-state index in [0.717, 1.165) is 25.2 Å². The van der Waals surface area contributed by atoms with Crippen molar-refractivity contribution in [1.82, 2.24) is 25.4 Å². The first-order valence-electron chi connectivity index (χ1n) is 6.96. The van der Waals surface area contributed by atoms with Crippen LogP contribution >= 0.6 is 0 Å². The van der Waals surface area contributed by atoms with Crippen molar-refractivity contribution < 1.29 is 4.79 Å². The van der Waals surface area contributed by atoms with E-state index in [0.29, 0.717) is 12.2 Å². The first kappa shape index (κ1) is 13.5. The second kappa shape index (κ2) is 6.32. The summed E-state index contributed by atoms with van der Waals surface area (Å²) in [7, 11) is 0. The molecule has 3 heterocycles. The Morgan fingerprint density at radius 2 is 2.38 bits per heavy atom. The van der Waals surface area contributed by atoms with Gasteiger partial charge in [-0.25, -0.2) is 4.68 Å². The molecular formula is C15H17N5O. The summed E-state index contributed by atoms with van der Waals surface area (Å²) >= 11 is 0. The maximum Gasteiger partial charge on any atom is 0.270 e. The van der Waals surface area contributed by atoms with Gasteiger partial charge in [-0.05, 0) is 31.2 Å². The van der Waals surface area contributed by atoms with Crippen LogP contribution < -0.4 is 10.6 Å². The molecule has 0 aromatic carbocycles. The standard InChI is InChI=1S/C15H17N5O/c21-15(18-11-12-2-6-16-7-3-12)14-10-13(4-8-17-14)20-9-1-5-19-20/h1-2,4-5,8-10,16H,3,6-7,11H2,(H,18,21). The van der Waals surface area contributed by atoms with Crippen molar-refractivity contribution in [3.05, 3.63) is 54.1 Å². The molecule has 2 aromatic heterocycles. The van der Waals surface area contributed by atoms with Crippen LogP contribution in [-0.4, -0.2) is 40.3 Å². The van der Waals surface area contributed by atoms with E-state index in [-0.39, 0.29) is 5.91 Å². The van der Waals surface area contributed by atoms with Crippen molar-refractivity contribution in [2.75, 3.05) is 19.6 Å². The van der Waals surface area contributed by atoms with Crippen LogP contribution in [0.15, 0.2) is 48.4 Å². The molecule has 0 saturated heterocycles. The largest absolute Gasteiger partial charge is 0.347 e. The van der Waals surface area contributed by atoms with Gasteiger partial charge in [0.2, 0.25) is 0 Å². The molecule has 6 nitrogen and oxygen atoms in total. The summed E-state index contributed by atoms with van der Waals surface area (Å²) in [6.07, 6.45) is 8.24. The SMILES string of the molecule is O=C(NCC1=CCNCC1)c1cc(-n2cccn2)ccn1. The fourth-order valence-corrected chi connectivity index (χ4v) is 2.22. The lowest BCUT2D eigenvalue weighted by Gasteiger charge is -2.14. The van der Waals surface area contributed by atoms with Gasteiger partial charge in [0.1, 0.15) is 5.69 Å². The Hall–Kier alpha value is -2.47. The fourth-order valence-electron chi connectivity index (χ4n) is 2.22. The van der Waals surface area contributed by atoms with E-state index < -0.39 is 0 Å². The molecule has 0 unspecified atom stereocenters. The zero-order chi connectivity index (χ0) is 14.5. The summed E-state index contributed by atoms with van der Waals surface area (Å²) in [5, 5.41) is 10.3. The molecule has 6 heteroatoms. The molecule has 1 aliphatic heterocycles. The first-order valence-corrected chi connectivity index (χ1v) is 6.96. The van der Waals surface area contributed by atoms with E-state index in [1.54, 1.807) is 23.1 Å². The first-order chi connectivity index (χ1) is 10.3. The molecule has 2 N–H and O–H groups in total. The summed E-state index contributed by atoms with van der Waals surface area (Å²) < 4.78 is 1.70. The number of nitrogens with zero attached hydrogens (tertiary/aromatic N) is 3. The summed E-state index contributed by atoms with van der Waals surface area (Å²) in [5.74, 6) is -0.163. The fraction of sp³-hybridized carbons (Fsp3) is 0.267. The smallest absolute Gasteiger partial charge is 0.270 e. The van der Waals surface area contributed by atoms with Crippen molar-refractivity contribution in [2.45, 2.75) is 6.42 Å². The maximum absolute atomic E-state index is 12.2. The van der Waals surface area contributed by atoms with E-state index >= 15 is 0 Å². The highest BCUT2D eigenvalue weighted by molar-refractivity contribution is 5.92. The Balaban J connectivity index is 1.67. The molecule has 0 atom stereocenters. The molecule has 108 valence electrons. The monoisotopic (exact) mass is 283 g/mol. The Labute approximate surface area is 122 Å². The molecule has 0 radical (unpaired) electrons. The normalized spacial score (nSPS) is 14.6. The van der Waals surface area contributed by atoms with Crippen LogP contribution in [-0.2, 0) is 0 Å². The topological polar surface area (TPSA) is 71.8 Å². The predicted molar refractivity (Wildman–Crippen MR) is 79.3 cm³/mol. The molecule has 0 saturated carbocycles. The van der Waals surface area contributed by atoms with Crippen LogP contribution in [0.2, 0.25) is 0 Å². The highest BCUT2D eigenvalue weighted by Gasteiger charge is 2.10. The molecule has 0 aliphatic carbocycles. The van der Waals surface area contributed by atoms with Gasteiger partial charge < -0.3 is 10.6 Å². The van der Waals surface area contributed by atoms with E-state index in [1.807, 2.05) is 18.3 Å². The Bertz CT molecular complexity index is 648. The van der Waals surface area contributed by atoms with Crippen LogP contribution in [0.4, 0.5) is 0 Å². The molecular weight excluding hydrogens is 266 g/mol. The summed E-state index contributed by atoms with van der Waals surface area (Å²) in [5.41, 5.74) is 2.48. The average molecular weight is 283 g/mol. The van der Waals surface area contributed by atoms with Gasteiger partial charge in [-0.15, -0.1) is 0 Å². The number of carbonyl (C=O) groups is 1. The van der Waals surface area contributed by atoms with E-state index in [1.165, 1.54) is 5.57 Å². The zero-order valence-electron chi connectivity index (χ0n) is 11.6. The summed E-state index contributed by atoms with van der Waals surface area (Å²) in [6, 6.07) is 5.39. The minimum Gasteiger partial charge on any atom is -0.347 e. The number of amides is 1. The van der Waals surface area contributed by atoms with Gasteiger partial charge in [-0.3, -0.25) is 9.78 Å². The average Bonchev–Trinajstić information content (AvgIpc) is 3.08. The number of rotatable bonds is 4. The lowest BCUT2D eigenvalue weighted by atomic mass is 10.1. The molecule has 1 aliphatic rings. The number of hydrogen-bond acceptors (Lipinski definition) is 4. The Morgan fingerprint density at radius 1 is 1.43 bits per heavy atom. The summed E-state index contributed by atoms with van der Waals surface area (Å²) in [4.78, 5) is 16.3. The van der Waals surface area contributed by atoms with Gasteiger partial charge in [-0.2, -0.15) is 5.10 Å². The predicted octanol–water partition coefficient (Wildman–Crippen LogP) is 0.917. The molecule has 0 bridgehead atoms. The van der Waals surface area contributed by atoms with Crippen molar-refractivity contribution in [2.24, 2.45) is 0 Å². The van der Waals surface area contributed by atoms with Crippen molar-refractivity contribution >= 4 is 5.91 Å². The number of pyridine rings is 1. The third-order valence-corrected chi connectivity index (χ3v) is 3.38. The van der Waals surface area contributed by atoms with Gasteiger partial charge in [0.15, 0.2) is 0 Å². The maximum atomic E-state index is 12.2. The minimum absolute atomic E-state index is 0.163. The minimum atomic E-state index is -0.163. The Morgan fingerprint density at radius 3 is 3.14 bits per heavy atom. The van der Waals surface area contributed by atoms with Crippen LogP contribution in [0.5, 0.6) is 0 Å². The van der Waals surface area contributed by atoms with Gasteiger partial charge in [-0.1, -0.05) is 11.6 Å². The van der Waals surface area contributed by atoms with Crippen LogP contribution in [0, 0.1) is 0 Å². The number of carbonyl (C=O) groups excluding carboxylic acids is 1. The number of aromatic nitrogens is 3. The quantitative estimate of drug-likeness (QED) is 0.818. The second-order valence-corrected chi connectivity index (χ2v) is 4.85. The summed E-state index contributed by atoms with van der Waals surface area (Å²) in [6.45, 7) is 2.42. The lowest BCUT2D eigenvalue weighted by Crippen LogP contribution is -2.30.